The van der Waals surface area contributed by atoms with Crippen LogP contribution in [0.2, 0.25) is 0 Å². The molecule has 2 aromatic rings. The van der Waals surface area contributed by atoms with Gasteiger partial charge in [0.2, 0.25) is 0 Å². The van der Waals surface area contributed by atoms with Gasteiger partial charge in [-0.3, -0.25) is 4.57 Å². The number of fused-ring (bicyclic) bond motifs is 1. The van der Waals surface area contributed by atoms with Crippen LogP contribution in [-0.2, 0) is 10.9 Å². The van der Waals surface area contributed by atoms with Crippen molar-refractivity contribution >= 4 is 27.0 Å². The van der Waals surface area contributed by atoms with E-state index in [1.165, 1.54) is 6.07 Å². The van der Waals surface area contributed by atoms with E-state index in [4.69, 9.17) is 4.74 Å². The van der Waals surface area contributed by atoms with Crippen LogP contribution < -0.4 is 5.69 Å². The van der Waals surface area contributed by atoms with Crippen LogP contribution in [0.25, 0.3) is 11.0 Å². The number of piperidine rings is 1. The first-order valence-electron chi connectivity index (χ1n) is 9.17. The van der Waals surface area contributed by atoms with Gasteiger partial charge in [0.15, 0.2) is 0 Å². The van der Waals surface area contributed by atoms with E-state index in [1.807, 2.05) is 0 Å². The molecule has 2 fully saturated rings. The van der Waals surface area contributed by atoms with Crippen LogP contribution in [0.1, 0.15) is 37.3 Å². The van der Waals surface area contributed by atoms with Crippen LogP contribution in [0.3, 0.4) is 0 Å². The Labute approximate surface area is 162 Å². The van der Waals surface area contributed by atoms with E-state index >= 15 is 0 Å². The zero-order valence-corrected chi connectivity index (χ0v) is 16.3. The molecule has 2 aliphatic heterocycles. The highest BCUT2D eigenvalue weighted by Crippen LogP contribution is 2.37. The molecule has 0 atom stereocenters. The van der Waals surface area contributed by atoms with Crippen molar-refractivity contribution in [2.45, 2.75) is 43.9 Å². The summed E-state index contributed by atoms with van der Waals surface area (Å²) in [5.41, 5.74) is -0.384. The number of alkyl halides is 3. The second-order valence-corrected chi connectivity index (χ2v) is 8.11. The van der Waals surface area contributed by atoms with E-state index in [0.717, 1.165) is 58.1 Å². The molecule has 5 nitrogen and oxygen atoms in total. The van der Waals surface area contributed by atoms with Gasteiger partial charge < -0.3 is 14.6 Å². The molecule has 0 saturated carbocycles. The van der Waals surface area contributed by atoms with Crippen molar-refractivity contribution in [3.8, 4) is 0 Å². The molecule has 0 unspecified atom stereocenters. The lowest BCUT2D eigenvalue weighted by Gasteiger charge is -2.39. The fourth-order valence-corrected chi connectivity index (χ4v) is 4.84. The summed E-state index contributed by atoms with van der Waals surface area (Å²) < 4.78 is 46.3. The van der Waals surface area contributed by atoms with Crippen molar-refractivity contribution in [1.29, 1.82) is 0 Å². The molecule has 0 aliphatic carbocycles. The van der Waals surface area contributed by atoms with Crippen LogP contribution >= 0.6 is 15.9 Å². The van der Waals surface area contributed by atoms with Gasteiger partial charge in [-0.25, -0.2) is 4.79 Å². The molecule has 148 valence electrons. The highest BCUT2D eigenvalue weighted by molar-refractivity contribution is 9.10. The van der Waals surface area contributed by atoms with Crippen LogP contribution in [0.5, 0.6) is 0 Å². The average Bonchev–Trinajstić information content (AvgIpc) is 2.96. The Bertz CT molecular complexity index is 878. The summed E-state index contributed by atoms with van der Waals surface area (Å²) in [6.07, 6.45) is -0.789. The third-order valence-electron chi connectivity index (χ3n) is 5.68. The maximum absolute atomic E-state index is 13.1. The number of hydrogen-bond acceptors (Lipinski definition) is 3. The first-order chi connectivity index (χ1) is 12.8. The molecule has 27 heavy (non-hydrogen) atoms. The Kier molecular flexibility index (Phi) is 5.11. The number of hydrogen-bond donors (Lipinski definition) is 1. The number of benzene rings is 1. The van der Waals surface area contributed by atoms with Crippen LogP contribution in [0.15, 0.2) is 21.4 Å². The van der Waals surface area contributed by atoms with Gasteiger partial charge in [-0.1, -0.05) is 15.9 Å². The fourth-order valence-electron chi connectivity index (χ4n) is 4.29. The van der Waals surface area contributed by atoms with Gasteiger partial charge in [0.25, 0.3) is 0 Å². The summed E-state index contributed by atoms with van der Waals surface area (Å²) in [7, 11) is 0. The number of halogens is 4. The molecule has 0 spiro atoms. The van der Waals surface area contributed by atoms with E-state index in [1.54, 1.807) is 4.57 Å². The summed E-state index contributed by atoms with van der Waals surface area (Å²) in [6, 6.07) is 2.93. The van der Waals surface area contributed by atoms with Crippen LogP contribution in [0.4, 0.5) is 13.2 Å². The van der Waals surface area contributed by atoms with Crippen molar-refractivity contribution in [1.82, 2.24) is 14.5 Å². The molecular formula is C18H21BrF3N3O2. The maximum atomic E-state index is 13.1. The molecular weight excluding hydrogens is 427 g/mol. The minimum Gasteiger partial charge on any atom is -0.381 e. The van der Waals surface area contributed by atoms with Gasteiger partial charge in [-0.2, -0.15) is 13.2 Å². The second kappa shape index (κ2) is 7.25. The molecule has 4 rings (SSSR count). The topological polar surface area (TPSA) is 50.3 Å². The van der Waals surface area contributed by atoms with Crippen LogP contribution in [-0.4, -0.2) is 46.8 Å². The summed E-state index contributed by atoms with van der Waals surface area (Å²) in [4.78, 5) is 17.5. The molecule has 0 bridgehead atoms. The Morgan fingerprint density at radius 3 is 2.37 bits per heavy atom. The van der Waals surface area contributed by atoms with Gasteiger partial charge in [-0.15, -0.1) is 0 Å². The first kappa shape index (κ1) is 19.0. The zero-order valence-electron chi connectivity index (χ0n) is 14.7. The van der Waals surface area contributed by atoms with Gasteiger partial charge in [0.1, 0.15) is 0 Å². The zero-order chi connectivity index (χ0) is 19.2. The van der Waals surface area contributed by atoms with Crippen LogP contribution in [0, 0.1) is 0 Å². The third-order valence-corrected chi connectivity index (χ3v) is 6.34. The monoisotopic (exact) mass is 447 g/mol. The van der Waals surface area contributed by atoms with Crippen molar-refractivity contribution in [3.63, 3.8) is 0 Å². The fraction of sp³-hybridized carbons (Fsp3) is 0.611. The lowest BCUT2D eigenvalue weighted by Crippen LogP contribution is -2.45. The van der Waals surface area contributed by atoms with Gasteiger partial charge in [0, 0.05) is 42.9 Å². The minimum absolute atomic E-state index is 0.00835. The molecule has 9 heteroatoms. The van der Waals surface area contributed by atoms with Crippen molar-refractivity contribution < 1.29 is 17.9 Å². The SMILES string of the molecule is O=c1[nH]c2cc(C(F)(F)F)c(Br)cc2n1C1CCN(C2CCOCC2)CC1. The minimum atomic E-state index is -4.47. The standard InChI is InChI=1S/C18H21BrF3N3O2/c19-14-10-16-15(9-13(14)18(20,21)22)23-17(26)25(16)12-1-5-24(6-2-12)11-3-7-27-8-4-11/h9-12H,1-8H2,(H,23,26). The molecule has 0 radical (unpaired) electrons. The number of nitrogens with zero attached hydrogens (tertiary/aromatic N) is 2. The van der Waals surface area contributed by atoms with Gasteiger partial charge in [-0.05, 0) is 37.8 Å². The number of H-pyrrole nitrogens is 1. The van der Waals surface area contributed by atoms with Crippen molar-refractivity contribution in [2.24, 2.45) is 0 Å². The lowest BCUT2D eigenvalue weighted by atomic mass is 9.99. The Hall–Kier alpha value is -1.32. The molecule has 0 amide bonds. The molecule has 2 saturated heterocycles. The van der Waals surface area contributed by atoms with E-state index in [-0.39, 0.29) is 21.7 Å². The predicted molar refractivity (Wildman–Crippen MR) is 98.9 cm³/mol. The van der Waals surface area contributed by atoms with E-state index < -0.39 is 11.7 Å². The quantitative estimate of drug-likeness (QED) is 0.758. The summed E-state index contributed by atoms with van der Waals surface area (Å²) in [5.74, 6) is 0. The summed E-state index contributed by atoms with van der Waals surface area (Å²) >= 11 is 3.01. The highest BCUT2D eigenvalue weighted by Gasteiger charge is 2.34. The van der Waals surface area contributed by atoms with Gasteiger partial charge in [0.05, 0.1) is 16.6 Å². The Balaban J connectivity index is 1.58. The molecule has 1 aromatic carbocycles. The Morgan fingerprint density at radius 2 is 1.74 bits per heavy atom. The first-order valence-corrected chi connectivity index (χ1v) is 9.96. The predicted octanol–water partition coefficient (Wildman–Crippen LogP) is 3.93. The number of aromatic nitrogens is 2. The molecule has 1 N–H and O–H groups in total. The van der Waals surface area contributed by atoms with Gasteiger partial charge >= 0.3 is 11.9 Å². The summed E-state index contributed by atoms with van der Waals surface area (Å²) in [5, 5.41) is 0. The molecule has 3 heterocycles. The number of nitrogens with one attached hydrogen (secondary N) is 1. The number of likely N-dealkylation sites (tertiary alicyclic amines) is 1. The van der Waals surface area contributed by atoms with Crippen molar-refractivity contribution in [3.05, 3.63) is 32.7 Å². The number of ether oxygens (including phenoxy) is 1. The molecule has 2 aliphatic rings. The average molecular weight is 448 g/mol. The largest absolute Gasteiger partial charge is 0.417 e. The van der Waals surface area contributed by atoms with E-state index in [0.29, 0.717) is 11.6 Å². The highest BCUT2D eigenvalue weighted by atomic mass is 79.9. The smallest absolute Gasteiger partial charge is 0.381 e. The molecule has 1 aromatic heterocycles. The second-order valence-electron chi connectivity index (χ2n) is 7.26. The Morgan fingerprint density at radius 1 is 1.07 bits per heavy atom. The van der Waals surface area contributed by atoms with Crippen molar-refractivity contribution in [2.75, 3.05) is 26.3 Å². The number of aromatic amines is 1. The number of rotatable bonds is 2. The van der Waals surface area contributed by atoms with E-state index in [9.17, 15) is 18.0 Å². The normalized spacial score (nSPS) is 21.2. The summed E-state index contributed by atoms with van der Waals surface area (Å²) in [6.45, 7) is 3.36. The maximum Gasteiger partial charge on any atom is 0.417 e. The third kappa shape index (κ3) is 3.69. The number of imidazole rings is 1. The van der Waals surface area contributed by atoms with E-state index in [2.05, 4.69) is 25.8 Å². The lowest BCUT2D eigenvalue weighted by molar-refractivity contribution is -0.138.